The van der Waals surface area contributed by atoms with Crippen molar-refractivity contribution in [2.45, 2.75) is 13.3 Å². The van der Waals surface area contributed by atoms with E-state index in [0.717, 1.165) is 15.4 Å². The number of halogens is 1. The molecule has 24 heavy (non-hydrogen) atoms. The van der Waals surface area contributed by atoms with Gasteiger partial charge in [0.2, 0.25) is 5.91 Å². The molecule has 0 bridgehead atoms. The fraction of sp³-hybridized carbons (Fsp3) is 0.111. The third-order valence-corrected chi connectivity index (χ3v) is 4.44. The van der Waals surface area contributed by atoms with Crippen LogP contribution in [0.15, 0.2) is 53.0 Å². The van der Waals surface area contributed by atoms with Gasteiger partial charge >= 0.3 is 0 Å². The molecule has 1 aromatic heterocycles. The van der Waals surface area contributed by atoms with Crippen molar-refractivity contribution in [1.82, 2.24) is 4.98 Å². The average Bonchev–Trinajstić information content (AvgIpc) is 2.94. The molecule has 6 heteroatoms. The Labute approximate surface area is 147 Å². The number of nitrogens with one attached hydrogen (secondary N) is 3. The highest BCUT2D eigenvalue weighted by Crippen LogP contribution is 2.28. The molecule has 0 atom stereocenters. The van der Waals surface area contributed by atoms with E-state index in [2.05, 4.69) is 31.5 Å². The predicted octanol–water partition coefficient (Wildman–Crippen LogP) is 4.53. The number of H-pyrrole nitrogens is 1. The molecular weight excluding hydrogens is 370 g/mol. The number of carbonyl (C=O) groups excluding carboxylic acids is 2. The van der Waals surface area contributed by atoms with Crippen LogP contribution in [0.25, 0.3) is 10.9 Å². The van der Waals surface area contributed by atoms with Gasteiger partial charge in [-0.1, -0.05) is 25.1 Å². The van der Waals surface area contributed by atoms with E-state index < -0.39 is 0 Å². The molecule has 0 aliphatic carbocycles. The van der Waals surface area contributed by atoms with Gasteiger partial charge in [0.25, 0.3) is 5.91 Å². The van der Waals surface area contributed by atoms with Gasteiger partial charge in [0, 0.05) is 28.7 Å². The molecule has 0 saturated carbocycles. The molecule has 0 spiro atoms. The van der Waals surface area contributed by atoms with Gasteiger partial charge in [0.1, 0.15) is 5.69 Å². The first kappa shape index (κ1) is 16.3. The van der Waals surface area contributed by atoms with Crippen LogP contribution in [0.4, 0.5) is 11.4 Å². The highest BCUT2D eigenvalue weighted by atomic mass is 79.9. The minimum Gasteiger partial charge on any atom is -0.350 e. The second kappa shape index (κ2) is 6.88. The lowest BCUT2D eigenvalue weighted by molar-refractivity contribution is -0.115. The summed E-state index contributed by atoms with van der Waals surface area (Å²) in [5.41, 5.74) is 2.72. The Morgan fingerprint density at radius 2 is 1.62 bits per heavy atom. The lowest BCUT2D eigenvalue weighted by Gasteiger charge is -2.07. The SMILES string of the molecule is CCC(=O)Nc1ccc(NC(=O)c2[nH]c3ccccc3c2Br)cc1. The van der Waals surface area contributed by atoms with Crippen molar-refractivity contribution in [2.75, 3.05) is 10.6 Å². The Morgan fingerprint density at radius 3 is 2.25 bits per heavy atom. The van der Waals surface area contributed by atoms with E-state index in [0.29, 0.717) is 23.5 Å². The van der Waals surface area contributed by atoms with Gasteiger partial charge in [-0.15, -0.1) is 0 Å². The van der Waals surface area contributed by atoms with E-state index in [9.17, 15) is 9.59 Å². The molecule has 0 aliphatic rings. The smallest absolute Gasteiger partial charge is 0.273 e. The molecule has 5 nitrogen and oxygen atoms in total. The number of fused-ring (bicyclic) bond motifs is 1. The number of para-hydroxylation sites is 1. The van der Waals surface area contributed by atoms with Crippen LogP contribution >= 0.6 is 15.9 Å². The lowest BCUT2D eigenvalue weighted by Crippen LogP contribution is -2.13. The Morgan fingerprint density at radius 1 is 1.00 bits per heavy atom. The van der Waals surface area contributed by atoms with Gasteiger partial charge in [-0.2, -0.15) is 0 Å². The van der Waals surface area contributed by atoms with Crippen LogP contribution in [0.2, 0.25) is 0 Å². The van der Waals surface area contributed by atoms with Crippen LogP contribution in [-0.2, 0) is 4.79 Å². The molecule has 122 valence electrons. The zero-order valence-electron chi connectivity index (χ0n) is 13.0. The van der Waals surface area contributed by atoms with Gasteiger partial charge in [0.15, 0.2) is 0 Å². The van der Waals surface area contributed by atoms with Crippen molar-refractivity contribution in [3.8, 4) is 0 Å². The van der Waals surface area contributed by atoms with Crippen molar-refractivity contribution in [3.63, 3.8) is 0 Å². The molecule has 3 N–H and O–H groups in total. The number of anilines is 2. The van der Waals surface area contributed by atoms with Crippen molar-refractivity contribution < 1.29 is 9.59 Å². The second-order valence-corrected chi connectivity index (χ2v) is 6.09. The fourth-order valence-corrected chi connectivity index (χ4v) is 2.97. The highest BCUT2D eigenvalue weighted by Gasteiger charge is 2.15. The Balaban J connectivity index is 1.76. The zero-order chi connectivity index (χ0) is 17.1. The molecule has 0 aliphatic heterocycles. The molecule has 3 aromatic rings. The van der Waals surface area contributed by atoms with Crippen molar-refractivity contribution in [3.05, 3.63) is 58.7 Å². The summed E-state index contributed by atoms with van der Waals surface area (Å²) < 4.78 is 0.738. The van der Waals surface area contributed by atoms with Crippen LogP contribution in [0.5, 0.6) is 0 Å². The van der Waals surface area contributed by atoms with E-state index >= 15 is 0 Å². The quantitative estimate of drug-likeness (QED) is 0.616. The third kappa shape index (κ3) is 3.33. The Kier molecular flexibility index (Phi) is 4.66. The number of aromatic nitrogens is 1. The third-order valence-electron chi connectivity index (χ3n) is 3.62. The number of aromatic amines is 1. The maximum atomic E-state index is 12.5. The summed E-state index contributed by atoms with van der Waals surface area (Å²) in [6.45, 7) is 1.79. The minimum atomic E-state index is -0.233. The summed E-state index contributed by atoms with van der Waals surface area (Å²) in [5, 5.41) is 6.57. The maximum absolute atomic E-state index is 12.5. The molecule has 0 radical (unpaired) electrons. The first-order valence-corrected chi connectivity index (χ1v) is 8.35. The maximum Gasteiger partial charge on any atom is 0.273 e. The second-order valence-electron chi connectivity index (χ2n) is 5.29. The number of hydrogen-bond donors (Lipinski definition) is 3. The van der Waals surface area contributed by atoms with E-state index in [1.807, 2.05) is 24.3 Å². The van der Waals surface area contributed by atoms with Gasteiger partial charge < -0.3 is 15.6 Å². The van der Waals surface area contributed by atoms with Crippen LogP contribution in [0.3, 0.4) is 0 Å². The first-order valence-electron chi connectivity index (χ1n) is 7.56. The highest BCUT2D eigenvalue weighted by molar-refractivity contribution is 9.10. The molecular formula is C18H16BrN3O2. The number of rotatable bonds is 4. The summed E-state index contributed by atoms with van der Waals surface area (Å²) in [5.74, 6) is -0.280. The summed E-state index contributed by atoms with van der Waals surface area (Å²) in [6, 6.07) is 14.7. The molecule has 0 fully saturated rings. The summed E-state index contributed by atoms with van der Waals surface area (Å²) in [7, 11) is 0. The Hall–Kier alpha value is -2.60. The Bertz CT molecular complexity index is 900. The van der Waals surface area contributed by atoms with Crippen molar-refractivity contribution in [2.24, 2.45) is 0 Å². The fourth-order valence-electron chi connectivity index (χ4n) is 2.34. The normalized spacial score (nSPS) is 10.6. The monoisotopic (exact) mass is 385 g/mol. The van der Waals surface area contributed by atoms with E-state index in [-0.39, 0.29) is 11.8 Å². The number of hydrogen-bond acceptors (Lipinski definition) is 2. The zero-order valence-corrected chi connectivity index (χ0v) is 14.6. The van der Waals surface area contributed by atoms with E-state index in [4.69, 9.17) is 0 Å². The van der Waals surface area contributed by atoms with Gasteiger partial charge in [-0.25, -0.2) is 0 Å². The molecule has 0 unspecified atom stereocenters. The standard InChI is InChI=1S/C18H16BrN3O2/c1-2-15(23)20-11-7-9-12(10-8-11)21-18(24)17-16(19)13-5-3-4-6-14(13)22-17/h3-10,22H,2H2,1H3,(H,20,23)(H,21,24). The van der Waals surface area contributed by atoms with Crippen molar-refractivity contribution in [1.29, 1.82) is 0 Å². The number of benzene rings is 2. The summed E-state index contributed by atoms with van der Waals surface area (Å²) >= 11 is 3.47. The summed E-state index contributed by atoms with van der Waals surface area (Å²) in [4.78, 5) is 26.9. The van der Waals surface area contributed by atoms with Crippen LogP contribution in [0.1, 0.15) is 23.8 Å². The molecule has 3 rings (SSSR count). The molecule has 1 heterocycles. The van der Waals surface area contributed by atoms with Gasteiger partial charge in [0.05, 0.1) is 4.47 Å². The molecule has 0 saturated heterocycles. The predicted molar refractivity (Wildman–Crippen MR) is 99.3 cm³/mol. The van der Waals surface area contributed by atoms with Crippen LogP contribution in [-0.4, -0.2) is 16.8 Å². The number of carbonyl (C=O) groups is 2. The van der Waals surface area contributed by atoms with Crippen LogP contribution < -0.4 is 10.6 Å². The summed E-state index contributed by atoms with van der Waals surface area (Å²) in [6.07, 6.45) is 0.424. The largest absolute Gasteiger partial charge is 0.350 e. The average molecular weight is 386 g/mol. The first-order chi connectivity index (χ1) is 11.6. The number of amides is 2. The van der Waals surface area contributed by atoms with Gasteiger partial charge in [-0.05, 0) is 46.3 Å². The topological polar surface area (TPSA) is 74.0 Å². The van der Waals surface area contributed by atoms with E-state index in [1.165, 1.54) is 0 Å². The van der Waals surface area contributed by atoms with E-state index in [1.54, 1.807) is 31.2 Å². The van der Waals surface area contributed by atoms with Gasteiger partial charge in [-0.3, -0.25) is 9.59 Å². The minimum absolute atomic E-state index is 0.0474. The van der Waals surface area contributed by atoms with Crippen LogP contribution in [0, 0.1) is 0 Å². The molecule has 2 amide bonds. The lowest BCUT2D eigenvalue weighted by atomic mass is 10.2. The molecule has 2 aromatic carbocycles. The van der Waals surface area contributed by atoms with Crippen molar-refractivity contribution >= 4 is 50.0 Å².